The van der Waals surface area contributed by atoms with Crippen LogP contribution in [0, 0.1) is 5.82 Å². The molecule has 32 heavy (non-hydrogen) atoms. The topological polar surface area (TPSA) is 74.0 Å². The number of hydrogen-bond donors (Lipinski definition) is 1. The molecule has 0 aliphatic rings. The number of nitrogens with one attached hydrogen (secondary N) is 1. The van der Waals surface area contributed by atoms with E-state index in [-0.39, 0.29) is 18.1 Å². The highest BCUT2D eigenvalue weighted by atomic mass is 79.9. The fourth-order valence-electron chi connectivity index (χ4n) is 3.20. The van der Waals surface area contributed by atoms with E-state index < -0.39 is 5.91 Å². The summed E-state index contributed by atoms with van der Waals surface area (Å²) in [6.07, 6.45) is 1.67. The normalized spacial score (nSPS) is 10.9. The molecule has 164 valence electrons. The van der Waals surface area contributed by atoms with Crippen molar-refractivity contribution >= 4 is 39.3 Å². The highest BCUT2D eigenvalue weighted by Gasteiger charge is 2.18. The van der Waals surface area contributed by atoms with Gasteiger partial charge in [-0.1, -0.05) is 29.8 Å². The van der Waals surface area contributed by atoms with Crippen LogP contribution in [-0.2, 0) is 13.6 Å². The monoisotopic (exact) mass is 517 g/mol. The average molecular weight is 519 g/mol. The van der Waals surface area contributed by atoms with Crippen LogP contribution < -0.4 is 10.1 Å². The predicted molar refractivity (Wildman–Crippen MR) is 124 cm³/mol. The van der Waals surface area contributed by atoms with E-state index in [4.69, 9.17) is 16.3 Å². The summed E-state index contributed by atoms with van der Waals surface area (Å²) in [6, 6.07) is 13.4. The lowest BCUT2D eigenvalue weighted by Gasteiger charge is -2.06. The first-order chi connectivity index (χ1) is 15.4. The molecule has 2 aromatic carbocycles. The largest absolute Gasteiger partial charge is 0.497 e. The first-order valence-electron chi connectivity index (χ1n) is 9.51. The lowest BCUT2D eigenvalue weighted by atomic mass is 10.1. The van der Waals surface area contributed by atoms with Crippen LogP contribution in [0.2, 0.25) is 5.02 Å². The van der Waals surface area contributed by atoms with Crippen LogP contribution >= 0.6 is 27.5 Å². The number of ether oxygens (including phenoxy) is 1. The van der Waals surface area contributed by atoms with Gasteiger partial charge in [-0.3, -0.25) is 14.2 Å². The van der Waals surface area contributed by atoms with E-state index in [1.54, 1.807) is 72.2 Å². The SMILES string of the molecule is COc1ccc(-c2cc(C(=O)Nc3nn(Cc4ccccc4F)cc3Br)nn2C)c(Cl)c1. The number of aromatic nitrogens is 4. The number of aryl methyl sites for hydroxylation is 1. The smallest absolute Gasteiger partial charge is 0.277 e. The maximum atomic E-state index is 13.9. The Bertz CT molecular complexity index is 1300. The number of anilines is 1. The summed E-state index contributed by atoms with van der Waals surface area (Å²) in [7, 11) is 3.29. The molecule has 0 unspecified atom stereocenters. The number of rotatable bonds is 6. The minimum atomic E-state index is -0.437. The molecule has 10 heteroatoms. The number of methoxy groups -OCH3 is 1. The van der Waals surface area contributed by atoms with E-state index in [0.29, 0.717) is 32.3 Å². The summed E-state index contributed by atoms with van der Waals surface area (Å²) in [5.74, 6) is 0.187. The van der Waals surface area contributed by atoms with Crippen molar-refractivity contribution in [2.45, 2.75) is 6.54 Å². The van der Waals surface area contributed by atoms with Gasteiger partial charge in [0.1, 0.15) is 11.6 Å². The standard InChI is InChI=1S/C22H18BrClFN5O2/c1-29-20(15-8-7-14(32-2)9-17(15)24)10-19(27-29)22(31)26-21-16(23)12-30(28-21)11-13-5-3-4-6-18(13)25/h3-10,12H,11H2,1-2H3,(H,26,28,31). The number of nitrogens with zero attached hydrogens (tertiary/aromatic N) is 4. The fourth-order valence-corrected chi connectivity index (χ4v) is 3.88. The van der Waals surface area contributed by atoms with E-state index in [2.05, 4.69) is 31.4 Å². The molecule has 4 aromatic rings. The van der Waals surface area contributed by atoms with Crippen LogP contribution in [0.15, 0.2) is 59.2 Å². The molecule has 0 fully saturated rings. The van der Waals surface area contributed by atoms with Gasteiger partial charge in [0.15, 0.2) is 11.5 Å². The van der Waals surface area contributed by atoms with Crippen LogP contribution in [0.3, 0.4) is 0 Å². The summed E-state index contributed by atoms with van der Waals surface area (Å²) in [5.41, 5.74) is 2.08. The summed E-state index contributed by atoms with van der Waals surface area (Å²) in [4.78, 5) is 12.8. The molecule has 0 saturated carbocycles. The second-order valence-electron chi connectivity index (χ2n) is 6.95. The molecule has 1 N–H and O–H groups in total. The molecule has 0 radical (unpaired) electrons. The van der Waals surface area contributed by atoms with Crippen molar-refractivity contribution in [3.8, 4) is 17.0 Å². The molecular formula is C22H18BrClFN5O2. The Morgan fingerprint density at radius 1 is 1.22 bits per heavy atom. The summed E-state index contributed by atoms with van der Waals surface area (Å²) in [6.45, 7) is 0.227. The quantitative estimate of drug-likeness (QED) is 0.383. The number of carbonyl (C=O) groups is 1. The van der Waals surface area contributed by atoms with Crippen LogP contribution in [0.4, 0.5) is 10.2 Å². The first-order valence-corrected chi connectivity index (χ1v) is 10.7. The molecule has 0 bridgehead atoms. The van der Waals surface area contributed by atoms with Gasteiger partial charge in [-0.2, -0.15) is 10.2 Å². The summed E-state index contributed by atoms with van der Waals surface area (Å²) >= 11 is 9.75. The van der Waals surface area contributed by atoms with Crippen LogP contribution in [0.5, 0.6) is 5.75 Å². The molecule has 2 aromatic heterocycles. The Labute approximate surface area is 196 Å². The van der Waals surface area contributed by atoms with Gasteiger partial charge in [0.25, 0.3) is 5.91 Å². The Kier molecular flexibility index (Phi) is 6.29. The van der Waals surface area contributed by atoms with Gasteiger partial charge in [-0.25, -0.2) is 4.39 Å². The minimum absolute atomic E-state index is 0.199. The zero-order valence-electron chi connectivity index (χ0n) is 17.1. The van der Waals surface area contributed by atoms with Crippen LogP contribution in [0.25, 0.3) is 11.3 Å². The van der Waals surface area contributed by atoms with Crippen molar-refractivity contribution in [2.75, 3.05) is 12.4 Å². The number of hydrogen-bond acceptors (Lipinski definition) is 4. The van der Waals surface area contributed by atoms with Crippen molar-refractivity contribution in [3.05, 3.63) is 81.3 Å². The zero-order chi connectivity index (χ0) is 22.8. The lowest BCUT2D eigenvalue weighted by molar-refractivity contribution is 0.102. The van der Waals surface area contributed by atoms with Crippen LogP contribution in [0.1, 0.15) is 16.1 Å². The van der Waals surface area contributed by atoms with Crippen molar-refractivity contribution in [3.63, 3.8) is 0 Å². The van der Waals surface area contributed by atoms with E-state index in [9.17, 15) is 9.18 Å². The van der Waals surface area contributed by atoms with Gasteiger partial charge >= 0.3 is 0 Å². The van der Waals surface area contributed by atoms with Crippen molar-refractivity contribution in [1.82, 2.24) is 19.6 Å². The lowest BCUT2D eigenvalue weighted by Crippen LogP contribution is -2.14. The molecule has 2 heterocycles. The molecule has 4 rings (SSSR count). The Balaban J connectivity index is 1.53. The van der Waals surface area contributed by atoms with E-state index in [0.717, 1.165) is 5.56 Å². The second kappa shape index (κ2) is 9.13. The highest BCUT2D eigenvalue weighted by Crippen LogP contribution is 2.31. The first kappa shape index (κ1) is 22.0. The third kappa shape index (κ3) is 4.53. The number of carbonyl (C=O) groups excluding carboxylic acids is 1. The van der Waals surface area contributed by atoms with Gasteiger partial charge in [0.05, 0.1) is 28.8 Å². The Morgan fingerprint density at radius 3 is 2.72 bits per heavy atom. The molecule has 0 aliphatic carbocycles. The zero-order valence-corrected chi connectivity index (χ0v) is 19.5. The molecular weight excluding hydrogens is 501 g/mol. The maximum absolute atomic E-state index is 13.9. The highest BCUT2D eigenvalue weighted by molar-refractivity contribution is 9.10. The van der Waals surface area contributed by atoms with Gasteiger partial charge < -0.3 is 10.1 Å². The minimum Gasteiger partial charge on any atom is -0.497 e. The van der Waals surface area contributed by atoms with Gasteiger partial charge in [-0.15, -0.1) is 0 Å². The third-order valence-electron chi connectivity index (χ3n) is 4.80. The molecule has 7 nitrogen and oxygen atoms in total. The van der Waals surface area contributed by atoms with Gasteiger partial charge in [0.2, 0.25) is 0 Å². The number of halogens is 3. The predicted octanol–water partition coefficient (Wildman–Crippen LogP) is 5.15. The summed E-state index contributed by atoms with van der Waals surface area (Å²) < 4.78 is 22.8. The van der Waals surface area contributed by atoms with Gasteiger partial charge in [0, 0.05) is 24.4 Å². The average Bonchev–Trinajstić information content (AvgIpc) is 3.31. The van der Waals surface area contributed by atoms with Crippen molar-refractivity contribution < 1.29 is 13.9 Å². The maximum Gasteiger partial charge on any atom is 0.277 e. The Hall–Kier alpha value is -3.17. The molecule has 0 spiro atoms. The molecule has 1 amide bonds. The van der Waals surface area contributed by atoms with Crippen molar-refractivity contribution in [1.29, 1.82) is 0 Å². The summed E-state index contributed by atoms with van der Waals surface area (Å²) in [5, 5.41) is 11.8. The van der Waals surface area contributed by atoms with E-state index in [1.807, 2.05) is 0 Å². The fraction of sp³-hybridized carbons (Fsp3) is 0.136. The molecule has 0 aliphatic heterocycles. The van der Waals surface area contributed by atoms with E-state index >= 15 is 0 Å². The number of amides is 1. The van der Waals surface area contributed by atoms with Crippen LogP contribution in [-0.4, -0.2) is 32.6 Å². The van der Waals surface area contributed by atoms with Gasteiger partial charge in [-0.05, 0) is 46.3 Å². The Morgan fingerprint density at radius 2 is 2.00 bits per heavy atom. The molecule has 0 saturated heterocycles. The third-order valence-corrected chi connectivity index (χ3v) is 5.70. The van der Waals surface area contributed by atoms with Crippen molar-refractivity contribution in [2.24, 2.45) is 7.05 Å². The number of benzene rings is 2. The van der Waals surface area contributed by atoms with E-state index in [1.165, 1.54) is 6.07 Å². The molecule has 0 atom stereocenters. The second-order valence-corrected chi connectivity index (χ2v) is 8.21.